The van der Waals surface area contributed by atoms with E-state index >= 15 is 0 Å². The highest BCUT2D eigenvalue weighted by Crippen LogP contribution is 2.31. The molecule has 1 N–H and O–H groups in total. The molecule has 0 aliphatic carbocycles. The van der Waals surface area contributed by atoms with E-state index in [9.17, 15) is 4.21 Å². The molecule has 150 valence electrons. The number of anilines is 3. The third-order valence-corrected chi connectivity index (χ3v) is 7.78. The van der Waals surface area contributed by atoms with Gasteiger partial charge in [0.25, 0.3) is 0 Å². The molecule has 0 bridgehead atoms. The standard InChI is InChI=1S/C18H24N6O2S2/c25-28-12-3-14-15(28)16(20-13-1-9-26-10-2-13)22-17(21-14)23-5-7-24(8-6-23)18-19-4-11-27-18/h4,11,13H,1-3,5-10,12H2,(H,20,21,22). The average molecular weight is 421 g/mol. The van der Waals surface area contributed by atoms with Crippen LogP contribution in [0.4, 0.5) is 16.9 Å². The normalized spacial score (nSPS) is 23.1. The molecule has 0 saturated carbocycles. The van der Waals surface area contributed by atoms with Gasteiger partial charge in [0.2, 0.25) is 5.95 Å². The van der Waals surface area contributed by atoms with E-state index in [1.165, 1.54) is 0 Å². The molecule has 3 aliphatic heterocycles. The fraction of sp³-hybridized carbons (Fsp3) is 0.611. The highest BCUT2D eigenvalue weighted by molar-refractivity contribution is 7.85. The lowest BCUT2D eigenvalue weighted by atomic mass is 10.1. The Labute approximate surface area is 170 Å². The molecule has 2 saturated heterocycles. The molecule has 1 atom stereocenters. The first-order chi connectivity index (χ1) is 13.8. The molecule has 28 heavy (non-hydrogen) atoms. The van der Waals surface area contributed by atoms with Gasteiger partial charge in [-0.05, 0) is 12.8 Å². The molecular formula is C18H24N6O2S2. The van der Waals surface area contributed by atoms with Crippen molar-refractivity contribution in [2.45, 2.75) is 30.2 Å². The van der Waals surface area contributed by atoms with Gasteiger partial charge in [-0.25, -0.2) is 9.97 Å². The number of aromatic nitrogens is 3. The van der Waals surface area contributed by atoms with Gasteiger partial charge in [-0.15, -0.1) is 11.3 Å². The largest absolute Gasteiger partial charge is 0.381 e. The molecule has 1 unspecified atom stereocenters. The number of fused-ring (bicyclic) bond motifs is 1. The number of hydrogen-bond donors (Lipinski definition) is 1. The number of aryl methyl sites for hydroxylation is 1. The summed E-state index contributed by atoms with van der Waals surface area (Å²) in [5.74, 6) is 2.17. The summed E-state index contributed by atoms with van der Waals surface area (Å²) in [6.07, 6.45) is 4.52. The first-order valence-electron chi connectivity index (χ1n) is 9.81. The van der Waals surface area contributed by atoms with Crippen LogP contribution in [-0.2, 0) is 22.0 Å². The van der Waals surface area contributed by atoms with Gasteiger partial charge in [0.15, 0.2) is 5.13 Å². The van der Waals surface area contributed by atoms with Crippen molar-refractivity contribution in [1.82, 2.24) is 15.0 Å². The van der Waals surface area contributed by atoms with E-state index in [1.807, 2.05) is 11.6 Å². The van der Waals surface area contributed by atoms with Crippen LogP contribution in [-0.4, -0.2) is 70.3 Å². The predicted octanol–water partition coefficient (Wildman–Crippen LogP) is 1.51. The van der Waals surface area contributed by atoms with Crippen LogP contribution in [0.5, 0.6) is 0 Å². The van der Waals surface area contributed by atoms with E-state index in [1.54, 1.807) is 11.3 Å². The van der Waals surface area contributed by atoms with Gasteiger partial charge in [-0.2, -0.15) is 4.98 Å². The minimum atomic E-state index is -1.01. The third kappa shape index (κ3) is 3.60. The lowest BCUT2D eigenvalue weighted by Crippen LogP contribution is -2.47. The number of rotatable bonds is 4. The Kier molecular flexibility index (Phi) is 5.17. The second-order valence-corrected chi connectivity index (χ2v) is 9.65. The van der Waals surface area contributed by atoms with Crippen molar-refractivity contribution in [3.63, 3.8) is 0 Å². The summed E-state index contributed by atoms with van der Waals surface area (Å²) in [7, 11) is -1.01. The number of thiazole rings is 1. The fourth-order valence-corrected chi connectivity index (χ4v) is 5.94. The second kappa shape index (κ2) is 7.92. The molecule has 5 heterocycles. The maximum Gasteiger partial charge on any atom is 0.227 e. The van der Waals surface area contributed by atoms with Gasteiger partial charge >= 0.3 is 0 Å². The van der Waals surface area contributed by atoms with Crippen LogP contribution < -0.4 is 15.1 Å². The molecule has 3 aliphatic rings. The summed E-state index contributed by atoms with van der Waals surface area (Å²) < 4.78 is 18.0. The Balaban J connectivity index is 1.36. The summed E-state index contributed by atoms with van der Waals surface area (Å²) in [5.41, 5.74) is 0.945. The zero-order valence-corrected chi connectivity index (χ0v) is 17.3. The van der Waals surface area contributed by atoms with Crippen LogP contribution in [0.3, 0.4) is 0 Å². The lowest BCUT2D eigenvalue weighted by Gasteiger charge is -2.35. The lowest BCUT2D eigenvalue weighted by molar-refractivity contribution is 0.0903. The van der Waals surface area contributed by atoms with Gasteiger partial charge in [-0.3, -0.25) is 4.21 Å². The van der Waals surface area contributed by atoms with Crippen molar-refractivity contribution < 1.29 is 8.95 Å². The van der Waals surface area contributed by atoms with E-state index in [0.717, 1.165) is 86.1 Å². The fourth-order valence-electron chi connectivity index (χ4n) is 3.93. The Hall–Kier alpha value is -1.78. The van der Waals surface area contributed by atoms with Gasteiger partial charge in [0, 0.05) is 69.2 Å². The number of piperazine rings is 1. The molecule has 0 amide bonds. The maximum absolute atomic E-state index is 12.5. The van der Waals surface area contributed by atoms with Crippen LogP contribution in [0.1, 0.15) is 18.5 Å². The number of hydrogen-bond acceptors (Lipinski definition) is 9. The highest BCUT2D eigenvalue weighted by Gasteiger charge is 2.29. The Morgan fingerprint density at radius 1 is 1.14 bits per heavy atom. The molecule has 0 radical (unpaired) electrons. The molecule has 2 aromatic rings. The minimum Gasteiger partial charge on any atom is -0.381 e. The van der Waals surface area contributed by atoms with Crippen molar-refractivity contribution in [3.8, 4) is 0 Å². The van der Waals surface area contributed by atoms with E-state index in [4.69, 9.17) is 14.7 Å². The maximum atomic E-state index is 12.5. The average Bonchev–Trinajstić information content (AvgIpc) is 3.39. The minimum absolute atomic E-state index is 0.319. The van der Waals surface area contributed by atoms with Crippen LogP contribution in [0, 0.1) is 0 Å². The number of ether oxygens (including phenoxy) is 1. The SMILES string of the molecule is O=S1CCc2nc(N3CCN(c4nccs4)CC3)nc(NC3CCOCC3)c21. The zero-order chi connectivity index (χ0) is 18.9. The number of nitrogens with zero attached hydrogens (tertiary/aromatic N) is 5. The Bertz CT molecular complexity index is 848. The van der Waals surface area contributed by atoms with Crippen LogP contribution in [0.2, 0.25) is 0 Å². The molecule has 0 spiro atoms. The van der Waals surface area contributed by atoms with Crippen molar-refractivity contribution in [2.75, 3.05) is 60.3 Å². The van der Waals surface area contributed by atoms with E-state index in [0.29, 0.717) is 11.8 Å². The monoisotopic (exact) mass is 420 g/mol. The summed E-state index contributed by atoms with van der Waals surface area (Å²) in [6.45, 7) is 5.06. The molecular weight excluding hydrogens is 396 g/mol. The Morgan fingerprint density at radius 3 is 2.68 bits per heavy atom. The van der Waals surface area contributed by atoms with Crippen LogP contribution in [0.15, 0.2) is 16.5 Å². The molecule has 8 nitrogen and oxygen atoms in total. The van der Waals surface area contributed by atoms with Gasteiger partial charge in [-0.1, -0.05) is 0 Å². The predicted molar refractivity (Wildman–Crippen MR) is 111 cm³/mol. The van der Waals surface area contributed by atoms with E-state index in [-0.39, 0.29) is 0 Å². The molecule has 5 rings (SSSR count). The molecule has 2 aromatic heterocycles. The van der Waals surface area contributed by atoms with Gasteiger partial charge in [0.1, 0.15) is 10.7 Å². The summed E-state index contributed by atoms with van der Waals surface area (Å²) in [5, 5.41) is 6.64. The first kappa shape index (κ1) is 18.3. The van der Waals surface area contributed by atoms with E-state index < -0.39 is 10.8 Å². The highest BCUT2D eigenvalue weighted by atomic mass is 32.2. The molecule has 0 aromatic carbocycles. The first-order valence-corrected chi connectivity index (χ1v) is 12.0. The second-order valence-electron chi connectivity index (χ2n) is 7.27. The molecule has 2 fully saturated rings. The summed E-state index contributed by atoms with van der Waals surface area (Å²) >= 11 is 1.68. The van der Waals surface area contributed by atoms with Crippen LogP contribution >= 0.6 is 11.3 Å². The van der Waals surface area contributed by atoms with E-state index in [2.05, 4.69) is 20.1 Å². The van der Waals surface area contributed by atoms with Crippen molar-refractivity contribution in [3.05, 3.63) is 17.3 Å². The van der Waals surface area contributed by atoms with Gasteiger partial charge in [0.05, 0.1) is 16.5 Å². The topological polar surface area (TPSA) is 83.5 Å². The smallest absolute Gasteiger partial charge is 0.227 e. The van der Waals surface area contributed by atoms with Crippen molar-refractivity contribution in [1.29, 1.82) is 0 Å². The van der Waals surface area contributed by atoms with Crippen LogP contribution in [0.25, 0.3) is 0 Å². The summed E-state index contributed by atoms with van der Waals surface area (Å²) in [4.78, 5) is 19.4. The van der Waals surface area contributed by atoms with Crippen molar-refractivity contribution >= 4 is 39.0 Å². The Morgan fingerprint density at radius 2 is 1.93 bits per heavy atom. The quantitative estimate of drug-likeness (QED) is 0.797. The summed E-state index contributed by atoms with van der Waals surface area (Å²) in [6, 6.07) is 0.319. The zero-order valence-electron chi connectivity index (χ0n) is 15.7. The third-order valence-electron chi connectivity index (χ3n) is 5.49. The van der Waals surface area contributed by atoms with Gasteiger partial charge < -0.3 is 19.9 Å². The number of nitrogens with one attached hydrogen (secondary N) is 1. The molecule has 10 heteroatoms. The van der Waals surface area contributed by atoms with Crippen molar-refractivity contribution in [2.24, 2.45) is 0 Å².